The Morgan fingerprint density at radius 1 is 0.943 bits per heavy atom. The molecule has 3 aromatic heterocycles. The summed E-state index contributed by atoms with van der Waals surface area (Å²) < 4.78 is 1.44. The summed E-state index contributed by atoms with van der Waals surface area (Å²) in [7, 11) is 0. The third kappa shape index (κ3) is 3.80. The van der Waals surface area contributed by atoms with Crippen LogP contribution >= 0.6 is 0 Å². The van der Waals surface area contributed by atoms with Crippen molar-refractivity contribution in [1.82, 2.24) is 19.6 Å². The number of carboxylic acid groups (broad SMARTS) is 1. The molecule has 0 amide bonds. The summed E-state index contributed by atoms with van der Waals surface area (Å²) in [5, 5.41) is 13.8. The van der Waals surface area contributed by atoms with Crippen LogP contribution in [0.5, 0.6) is 0 Å². The van der Waals surface area contributed by atoms with Crippen LogP contribution in [0.1, 0.15) is 33.2 Å². The molecule has 35 heavy (non-hydrogen) atoms. The van der Waals surface area contributed by atoms with Crippen LogP contribution in [0.15, 0.2) is 73.1 Å². The van der Waals surface area contributed by atoms with E-state index in [0.29, 0.717) is 28.0 Å². The maximum Gasteiger partial charge on any atom is 0.335 e. The molecular formula is C27H21N5O3. The van der Waals surface area contributed by atoms with Gasteiger partial charge in [-0.05, 0) is 37.6 Å². The molecule has 0 aliphatic rings. The predicted octanol–water partition coefficient (Wildman–Crippen LogP) is 4.92. The molecule has 8 heteroatoms. The van der Waals surface area contributed by atoms with Gasteiger partial charge in [0.1, 0.15) is 5.82 Å². The van der Waals surface area contributed by atoms with Crippen LogP contribution in [0, 0.1) is 6.92 Å². The number of ketones is 1. The van der Waals surface area contributed by atoms with E-state index in [9.17, 15) is 14.7 Å². The van der Waals surface area contributed by atoms with E-state index in [0.717, 1.165) is 16.8 Å². The Kier molecular flexibility index (Phi) is 5.33. The van der Waals surface area contributed by atoms with Gasteiger partial charge in [-0.25, -0.2) is 9.78 Å². The summed E-state index contributed by atoms with van der Waals surface area (Å²) in [5.41, 5.74) is 12.2. The third-order valence-corrected chi connectivity index (χ3v) is 5.91. The summed E-state index contributed by atoms with van der Waals surface area (Å²) in [5.74, 6) is -1.12. The van der Waals surface area contributed by atoms with Gasteiger partial charge in [-0.3, -0.25) is 9.78 Å². The summed E-state index contributed by atoms with van der Waals surface area (Å²) in [6.07, 6.45) is 3.39. The number of fused-ring (bicyclic) bond motifs is 1. The number of benzene rings is 2. The number of nitrogen functional groups attached to an aromatic ring is 1. The molecular weight excluding hydrogens is 442 g/mol. The number of rotatable bonds is 5. The molecule has 5 rings (SSSR count). The average Bonchev–Trinajstić information content (AvgIpc) is 3.28. The van der Waals surface area contributed by atoms with Gasteiger partial charge in [0, 0.05) is 28.5 Å². The molecule has 8 nitrogen and oxygen atoms in total. The fourth-order valence-electron chi connectivity index (χ4n) is 4.16. The summed E-state index contributed by atoms with van der Waals surface area (Å²) in [6, 6.07) is 18.6. The van der Waals surface area contributed by atoms with E-state index in [1.807, 2.05) is 42.5 Å². The molecule has 0 unspecified atom stereocenters. The largest absolute Gasteiger partial charge is 0.478 e. The number of hydrogen-bond acceptors (Lipinski definition) is 6. The van der Waals surface area contributed by atoms with Gasteiger partial charge in [0.2, 0.25) is 0 Å². The van der Waals surface area contributed by atoms with Crippen molar-refractivity contribution in [3.8, 4) is 33.6 Å². The second kappa shape index (κ2) is 8.49. The molecule has 0 fully saturated rings. The van der Waals surface area contributed by atoms with Gasteiger partial charge in [-0.1, -0.05) is 42.5 Å². The smallest absolute Gasteiger partial charge is 0.335 e. The fraction of sp³-hybridized carbons (Fsp3) is 0.0741. The standard InChI is InChI=1S/C27H21N5O3/c1-15-12-18(8-10-20(15)27(34)35)24-23(16(2)33)25(28)32-26(31-24)21(14-30-32)19-9-11-22(29-13-19)17-6-4-3-5-7-17/h3-14H,28H2,1-2H3,(H,34,35). The summed E-state index contributed by atoms with van der Waals surface area (Å²) in [4.78, 5) is 33.4. The first kappa shape index (κ1) is 22.0. The van der Waals surface area contributed by atoms with E-state index >= 15 is 0 Å². The highest BCUT2D eigenvalue weighted by molar-refractivity contribution is 6.05. The average molecular weight is 463 g/mol. The highest BCUT2D eigenvalue weighted by atomic mass is 16.4. The van der Waals surface area contributed by atoms with Crippen molar-refractivity contribution in [1.29, 1.82) is 0 Å². The van der Waals surface area contributed by atoms with Crippen molar-refractivity contribution in [2.75, 3.05) is 5.73 Å². The molecule has 0 spiro atoms. The van der Waals surface area contributed by atoms with Crippen molar-refractivity contribution in [3.63, 3.8) is 0 Å². The first-order chi connectivity index (χ1) is 16.8. The van der Waals surface area contributed by atoms with Crippen LogP contribution in [0.4, 0.5) is 5.82 Å². The van der Waals surface area contributed by atoms with Crippen molar-refractivity contribution in [2.24, 2.45) is 0 Å². The number of carbonyl (C=O) groups is 2. The van der Waals surface area contributed by atoms with Crippen LogP contribution in [0.3, 0.4) is 0 Å². The van der Waals surface area contributed by atoms with E-state index in [-0.39, 0.29) is 22.7 Å². The van der Waals surface area contributed by atoms with Crippen LogP contribution in [-0.4, -0.2) is 36.4 Å². The Hall–Kier alpha value is -4.85. The van der Waals surface area contributed by atoms with Gasteiger partial charge < -0.3 is 10.8 Å². The first-order valence-electron chi connectivity index (χ1n) is 10.9. The number of carbonyl (C=O) groups excluding carboxylic acids is 1. The van der Waals surface area contributed by atoms with Gasteiger partial charge in [0.15, 0.2) is 11.4 Å². The van der Waals surface area contributed by atoms with E-state index < -0.39 is 5.97 Å². The van der Waals surface area contributed by atoms with Crippen LogP contribution in [0.2, 0.25) is 0 Å². The second-order valence-corrected chi connectivity index (χ2v) is 8.20. The van der Waals surface area contributed by atoms with E-state index in [1.165, 1.54) is 17.5 Å². The van der Waals surface area contributed by atoms with Gasteiger partial charge in [-0.15, -0.1) is 0 Å². The topological polar surface area (TPSA) is 123 Å². The lowest BCUT2D eigenvalue weighted by Crippen LogP contribution is -2.11. The molecule has 3 N–H and O–H groups in total. The molecule has 0 bridgehead atoms. The van der Waals surface area contributed by atoms with Gasteiger partial charge in [0.25, 0.3) is 0 Å². The van der Waals surface area contributed by atoms with Gasteiger partial charge in [0.05, 0.1) is 28.7 Å². The summed E-state index contributed by atoms with van der Waals surface area (Å²) >= 11 is 0. The minimum Gasteiger partial charge on any atom is -0.478 e. The quantitative estimate of drug-likeness (QED) is 0.355. The number of hydrogen-bond donors (Lipinski definition) is 2. The van der Waals surface area contributed by atoms with E-state index in [1.54, 1.807) is 31.5 Å². The molecule has 0 saturated carbocycles. The number of nitrogens with zero attached hydrogens (tertiary/aromatic N) is 4. The molecule has 0 saturated heterocycles. The van der Waals surface area contributed by atoms with Gasteiger partial charge >= 0.3 is 5.97 Å². The lowest BCUT2D eigenvalue weighted by molar-refractivity contribution is 0.0696. The number of aryl methyl sites for hydroxylation is 1. The maximum absolute atomic E-state index is 12.5. The fourth-order valence-corrected chi connectivity index (χ4v) is 4.16. The molecule has 172 valence electrons. The number of pyridine rings is 1. The van der Waals surface area contributed by atoms with E-state index in [4.69, 9.17) is 10.7 Å². The SMILES string of the molecule is CC(=O)c1c(-c2ccc(C(=O)O)c(C)c2)nc2c(-c3ccc(-c4ccccc4)nc3)cnn2c1N. The number of Topliss-reactive ketones (excluding diaryl/α,β-unsaturated/α-hetero) is 1. The molecule has 0 radical (unpaired) electrons. The normalized spacial score (nSPS) is 11.0. The zero-order valence-electron chi connectivity index (χ0n) is 19.1. The highest BCUT2D eigenvalue weighted by Gasteiger charge is 2.22. The first-order valence-corrected chi connectivity index (χ1v) is 10.9. The molecule has 5 aromatic rings. The number of carboxylic acids is 1. The second-order valence-electron chi connectivity index (χ2n) is 8.20. The monoisotopic (exact) mass is 463 g/mol. The van der Waals surface area contributed by atoms with Gasteiger partial charge in [-0.2, -0.15) is 9.61 Å². The molecule has 2 aromatic carbocycles. The Balaban J connectivity index is 1.67. The number of anilines is 1. The Labute approximate surface area is 200 Å². The molecule has 0 aliphatic heterocycles. The summed E-state index contributed by atoms with van der Waals surface area (Å²) in [6.45, 7) is 3.12. The van der Waals surface area contributed by atoms with E-state index in [2.05, 4.69) is 10.1 Å². The van der Waals surface area contributed by atoms with Crippen LogP contribution < -0.4 is 5.73 Å². The minimum absolute atomic E-state index is 0.164. The Morgan fingerprint density at radius 3 is 2.31 bits per heavy atom. The number of aromatic nitrogens is 4. The Bertz CT molecular complexity index is 1610. The van der Waals surface area contributed by atoms with Crippen molar-refractivity contribution in [2.45, 2.75) is 13.8 Å². The zero-order valence-corrected chi connectivity index (χ0v) is 19.1. The number of nitrogens with two attached hydrogens (primary N) is 1. The molecule has 3 heterocycles. The van der Waals surface area contributed by atoms with Crippen molar-refractivity contribution in [3.05, 3.63) is 89.7 Å². The zero-order chi connectivity index (χ0) is 24.7. The molecule has 0 atom stereocenters. The molecule has 0 aliphatic carbocycles. The Morgan fingerprint density at radius 2 is 1.69 bits per heavy atom. The highest BCUT2D eigenvalue weighted by Crippen LogP contribution is 2.33. The van der Waals surface area contributed by atoms with Crippen molar-refractivity contribution >= 4 is 23.2 Å². The van der Waals surface area contributed by atoms with Crippen molar-refractivity contribution < 1.29 is 14.7 Å². The predicted molar refractivity (Wildman–Crippen MR) is 133 cm³/mol. The number of aromatic carboxylic acids is 1. The van der Waals surface area contributed by atoms with Crippen LogP contribution in [-0.2, 0) is 0 Å². The minimum atomic E-state index is -1.02. The van der Waals surface area contributed by atoms with Crippen LogP contribution in [0.25, 0.3) is 39.3 Å². The maximum atomic E-state index is 12.5. The lowest BCUT2D eigenvalue weighted by Gasteiger charge is -2.13. The third-order valence-electron chi connectivity index (χ3n) is 5.91. The lowest BCUT2D eigenvalue weighted by atomic mass is 9.99.